The van der Waals surface area contributed by atoms with Crippen LogP contribution >= 0.6 is 0 Å². The van der Waals surface area contributed by atoms with Gasteiger partial charge in [-0.15, -0.1) is 0 Å². The highest BCUT2D eigenvalue weighted by molar-refractivity contribution is 5.93. The summed E-state index contributed by atoms with van der Waals surface area (Å²) < 4.78 is 50.7. The molecule has 3 N–H and O–H groups in total. The summed E-state index contributed by atoms with van der Waals surface area (Å²) in [4.78, 5) is 14.9. The van der Waals surface area contributed by atoms with E-state index in [4.69, 9.17) is 20.0 Å². The lowest BCUT2D eigenvalue weighted by atomic mass is 9.99. The van der Waals surface area contributed by atoms with Crippen molar-refractivity contribution in [3.05, 3.63) is 83.9 Å². The van der Waals surface area contributed by atoms with Crippen LogP contribution in [0.2, 0.25) is 0 Å². The molecule has 0 aliphatic carbocycles. The highest BCUT2D eigenvalue weighted by atomic mass is 19.4. The van der Waals surface area contributed by atoms with Crippen LogP contribution in [0.1, 0.15) is 22.9 Å². The quantitative estimate of drug-likeness (QED) is 0.394. The van der Waals surface area contributed by atoms with Crippen LogP contribution in [-0.2, 0) is 17.8 Å². The van der Waals surface area contributed by atoms with Crippen molar-refractivity contribution < 1.29 is 32.2 Å². The molecular weight excluding hydrogens is 437 g/mol. The van der Waals surface area contributed by atoms with Gasteiger partial charge in [-0.1, -0.05) is 18.2 Å². The third-order valence-corrected chi connectivity index (χ3v) is 5.08. The van der Waals surface area contributed by atoms with E-state index in [-0.39, 0.29) is 18.7 Å². The van der Waals surface area contributed by atoms with Crippen LogP contribution in [0.4, 0.5) is 13.2 Å². The molecule has 0 radical (unpaired) electrons. The Morgan fingerprint density at radius 3 is 2.70 bits per heavy atom. The van der Waals surface area contributed by atoms with Gasteiger partial charge in [-0.2, -0.15) is 13.2 Å². The first-order valence-corrected chi connectivity index (χ1v) is 9.93. The molecule has 0 saturated heterocycles. The van der Waals surface area contributed by atoms with E-state index in [1.807, 2.05) is 6.07 Å². The van der Waals surface area contributed by atoms with Crippen LogP contribution in [0.3, 0.4) is 0 Å². The number of aliphatic carboxylic acids is 1. The molecule has 0 aliphatic rings. The number of rotatable bonds is 7. The van der Waals surface area contributed by atoms with E-state index >= 15 is 0 Å². The Kier molecular flexibility index (Phi) is 6.06. The topological polar surface area (TPSA) is 98.6 Å². The normalized spacial score (nSPS) is 12.6. The lowest BCUT2D eigenvalue weighted by molar-refractivity contribution is -0.150. The number of carboxylic acids is 1. The Morgan fingerprint density at radius 1 is 1.15 bits per heavy atom. The highest BCUT2D eigenvalue weighted by Crippen LogP contribution is 2.35. The maximum Gasteiger partial charge on any atom is 0.409 e. The van der Waals surface area contributed by atoms with E-state index in [0.717, 1.165) is 10.9 Å². The second kappa shape index (κ2) is 8.95. The highest BCUT2D eigenvalue weighted by Gasteiger charge is 2.39. The molecule has 0 unspecified atom stereocenters. The first kappa shape index (κ1) is 22.3. The number of hydrogen-bond acceptors (Lipinski definition) is 5. The van der Waals surface area contributed by atoms with Crippen LogP contribution in [0.15, 0.2) is 71.5 Å². The molecule has 4 rings (SSSR count). The summed E-state index contributed by atoms with van der Waals surface area (Å²) in [5.74, 6) is -0.533. The number of carboxylic acid groups (broad SMARTS) is 1. The van der Waals surface area contributed by atoms with Gasteiger partial charge in [-0.25, -0.2) is 0 Å². The van der Waals surface area contributed by atoms with Gasteiger partial charge in [-0.05, 0) is 47.5 Å². The summed E-state index contributed by atoms with van der Waals surface area (Å²) >= 11 is 0. The van der Waals surface area contributed by atoms with Gasteiger partial charge in [0.05, 0.1) is 18.4 Å². The number of nitrogens with two attached hydrogens (primary N) is 1. The number of hydrogen-bond donors (Lipinski definition) is 2. The average Bonchev–Trinajstić information content (AvgIpc) is 3.25. The molecule has 0 spiro atoms. The number of pyridine rings is 1. The molecule has 6 nitrogen and oxygen atoms in total. The summed E-state index contributed by atoms with van der Waals surface area (Å²) in [6.07, 6.45) is -2.03. The van der Waals surface area contributed by atoms with E-state index in [1.165, 1.54) is 18.5 Å². The van der Waals surface area contributed by atoms with Gasteiger partial charge < -0.3 is 20.0 Å². The zero-order valence-electron chi connectivity index (χ0n) is 17.2. The minimum Gasteiger partial charge on any atom is -0.489 e. The third-order valence-electron chi connectivity index (χ3n) is 5.08. The Labute approximate surface area is 186 Å². The second-order valence-corrected chi connectivity index (χ2v) is 7.44. The molecule has 0 bridgehead atoms. The maximum absolute atomic E-state index is 13.1. The standard InChI is InChI=1S/C24H19F3N2O4/c25-24(26,27)23(28)19-11-15(5-7-29-19)18-10-14(9-17-6-8-32-22(17)18)13-33-20-4-2-1-3-16(20)12-21(30)31/h1-11,23H,12-13,28H2,(H,30,31)/t23-/m0/s1. The predicted octanol–water partition coefficient (Wildman–Crippen LogP) is 5.26. The van der Waals surface area contributed by atoms with E-state index in [0.29, 0.717) is 28.0 Å². The molecule has 0 saturated carbocycles. The van der Waals surface area contributed by atoms with Crippen molar-refractivity contribution in [2.24, 2.45) is 5.73 Å². The molecule has 2 aromatic heterocycles. The van der Waals surface area contributed by atoms with Crippen LogP contribution in [0.25, 0.3) is 22.1 Å². The molecule has 33 heavy (non-hydrogen) atoms. The average molecular weight is 456 g/mol. The predicted molar refractivity (Wildman–Crippen MR) is 115 cm³/mol. The van der Waals surface area contributed by atoms with Gasteiger partial charge >= 0.3 is 12.1 Å². The number of fused-ring (bicyclic) bond motifs is 1. The number of furan rings is 1. The number of benzene rings is 2. The summed E-state index contributed by atoms with van der Waals surface area (Å²) in [5.41, 5.74) is 7.82. The number of halogens is 3. The molecular formula is C24H19F3N2O4. The fraction of sp³-hybridized carbons (Fsp3) is 0.167. The molecule has 2 aromatic carbocycles. The minimum absolute atomic E-state index is 0.116. The van der Waals surface area contributed by atoms with Gasteiger partial charge in [0.1, 0.15) is 24.0 Å². The zero-order chi connectivity index (χ0) is 23.6. The molecule has 0 aliphatic heterocycles. The first-order valence-electron chi connectivity index (χ1n) is 9.93. The number of alkyl halides is 3. The van der Waals surface area contributed by atoms with Crippen molar-refractivity contribution in [1.29, 1.82) is 0 Å². The Bertz CT molecular complexity index is 1300. The summed E-state index contributed by atoms with van der Waals surface area (Å²) in [7, 11) is 0. The molecule has 170 valence electrons. The lowest BCUT2D eigenvalue weighted by Gasteiger charge is -2.16. The van der Waals surface area contributed by atoms with Crippen molar-refractivity contribution >= 4 is 16.9 Å². The van der Waals surface area contributed by atoms with Gasteiger partial charge in [0.2, 0.25) is 0 Å². The van der Waals surface area contributed by atoms with E-state index in [1.54, 1.807) is 42.5 Å². The molecule has 2 heterocycles. The summed E-state index contributed by atoms with van der Waals surface area (Å²) in [6, 6.07) is 12.8. The second-order valence-electron chi connectivity index (χ2n) is 7.44. The lowest BCUT2D eigenvalue weighted by Crippen LogP contribution is -2.29. The first-order chi connectivity index (χ1) is 15.7. The number of para-hydroxylation sites is 1. The van der Waals surface area contributed by atoms with Crippen LogP contribution < -0.4 is 10.5 Å². The number of carbonyl (C=O) groups is 1. The van der Waals surface area contributed by atoms with E-state index < -0.39 is 18.2 Å². The van der Waals surface area contributed by atoms with Crippen molar-refractivity contribution in [1.82, 2.24) is 4.98 Å². The van der Waals surface area contributed by atoms with E-state index in [2.05, 4.69) is 4.98 Å². The largest absolute Gasteiger partial charge is 0.489 e. The summed E-state index contributed by atoms with van der Waals surface area (Å²) in [5, 5.41) is 9.83. The Morgan fingerprint density at radius 2 is 1.94 bits per heavy atom. The van der Waals surface area contributed by atoms with Crippen LogP contribution in [0.5, 0.6) is 5.75 Å². The van der Waals surface area contributed by atoms with Crippen molar-refractivity contribution in [2.45, 2.75) is 25.2 Å². The zero-order valence-corrected chi connectivity index (χ0v) is 17.2. The van der Waals surface area contributed by atoms with E-state index in [9.17, 15) is 18.0 Å². The monoisotopic (exact) mass is 456 g/mol. The van der Waals surface area contributed by atoms with Crippen molar-refractivity contribution in [3.63, 3.8) is 0 Å². The molecule has 1 atom stereocenters. The minimum atomic E-state index is -4.62. The fourth-order valence-corrected chi connectivity index (χ4v) is 3.51. The number of ether oxygens (including phenoxy) is 1. The Balaban J connectivity index is 1.67. The van der Waals surface area contributed by atoms with Crippen LogP contribution in [0, 0.1) is 0 Å². The smallest absolute Gasteiger partial charge is 0.409 e. The number of aromatic nitrogens is 1. The van der Waals surface area contributed by atoms with Crippen molar-refractivity contribution in [2.75, 3.05) is 0 Å². The molecule has 9 heteroatoms. The fourth-order valence-electron chi connectivity index (χ4n) is 3.51. The maximum atomic E-state index is 13.1. The Hall–Kier alpha value is -3.85. The van der Waals surface area contributed by atoms with Crippen LogP contribution in [-0.4, -0.2) is 22.2 Å². The molecule has 0 amide bonds. The molecule has 4 aromatic rings. The third kappa shape index (κ3) is 4.98. The van der Waals surface area contributed by atoms with Gasteiger partial charge in [-0.3, -0.25) is 9.78 Å². The van der Waals surface area contributed by atoms with Crippen molar-refractivity contribution in [3.8, 4) is 16.9 Å². The van der Waals surface area contributed by atoms with Gasteiger partial charge in [0.15, 0.2) is 0 Å². The SMILES string of the molecule is N[C@@H](c1cc(-c2cc(COc3ccccc3CC(=O)O)cc3ccoc23)ccn1)C(F)(F)F. The van der Waals surface area contributed by atoms with Gasteiger partial charge in [0.25, 0.3) is 0 Å². The number of nitrogens with zero attached hydrogens (tertiary/aromatic N) is 1. The van der Waals surface area contributed by atoms with Gasteiger partial charge in [0, 0.05) is 22.7 Å². The molecule has 0 fully saturated rings. The summed E-state index contributed by atoms with van der Waals surface area (Å²) in [6.45, 7) is 0.116.